The summed E-state index contributed by atoms with van der Waals surface area (Å²) < 4.78 is 16.7. The van der Waals surface area contributed by atoms with Gasteiger partial charge in [-0.1, -0.05) is 29.8 Å². The van der Waals surface area contributed by atoms with E-state index < -0.39 is 5.97 Å². The number of benzene rings is 2. The Hall–Kier alpha value is -2.24. The van der Waals surface area contributed by atoms with Crippen molar-refractivity contribution < 1.29 is 19.0 Å². The highest BCUT2D eigenvalue weighted by Crippen LogP contribution is 2.41. The first-order chi connectivity index (χ1) is 11.1. The second-order valence-electron chi connectivity index (χ2n) is 4.65. The molecule has 0 bridgehead atoms. The maximum atomic E-state index is 12.4. The third kappa shape index (κ3) is 2.98. The molecule has 2 aromatic carbocycles. The standard InChI is InChI=1S/C17H13ClO4S/c1-20-12-8-11-14(9-13(12)21-2)23-16(15(11)18)17(19)22-10-6-4-3-5-7-10/h3-9H,1-2H3. The third-order valence-corrected chi connectivity index (χ3v) is 4.91. The second-order valence-corrected chi connectivity index (χ2v) is 6.08. The zero-order valence-electron chi connectivity index (χ0n) is 12.5. The van der Waals surface area contributed by atoms with Crippen molar-refractivity contribution in [1.82, 2.24) is 0 Å². The number of carbonyl (C=O) groups is 1. The van der Waals surface area contributed by atoms with Crippen LogP contribution in [-0.2, 0) is 0 Å². The summed E-state index contributed by atoms with van der Waals surface area (Å²) in [6.07, 6.45) is 0. The number of hydrogen-bond donors (Lipinski definition) is 0. The van der Waals surface area contributed by atoms with Gasteiger partial charge >= 0.3 is 5.97 Å². The fourth-order valence-corrected chi connectivity index (χ4v) is 3.55. The molecule has 0 aliphatic rings. The Morgan fingerprint density at radius 3 is 2.35 bits per heavy atom. The SMILES string of the molecule is COc1cc2sc(C(=O)Oc3ccccc3)c(Cl)c2cc1OC. The van der Waals surface area contributed by atoms with Gasteiger partial charge in [-0.05, 0) is 18.2 Å². The van der Waals surface area contributed by atoms with E-state index in [0.29, 0.717) is 27.1 Å². The Balaban J connectivity index is 2.01. The van der Waals surface area contributed by atoms with E-state index in [1.165, 1.54) is 11.3 Å². The highest BCUT2D eigenvalue weighted by atomic mass is 35.5. The number of esters is 1. The summed E-state index contributed by atoms with van der Waals surface area (Å²) in [4.78, 5) is 12.7. The van der Waals surface area contributed by atoms with Gasteiger partial charge in [-0.2, -0.15) is 0 Å². The van der Waals surface area contributed by atoms with E-state index in [2.05, 4.69) is 0 Å². The zero-order valence-corrected chi connectivity index (χ0v) is 14.0. The molecule has 0 amide bonds. The molecule has 1 heterocycles. The van der Waals surface area contributed by atoms with Crippen molar-refractivity contribution in [2.75, 3.05) is 14.2 Å². The van der Waals surface area contributed by atoms with Crippen LogP contribution < -0.4 is 14.2 Å². The highest BCUT2D eigenvalue weighted by molar-refractivity contribution is 7.21. The third-order valence-electron chi connectivity index (χ3n) is 3.27. The van der Waals surface area contributed by atoms with Crippen LogP contribution in [0.2, 0.25) is 5.02 Å². The van der Waals surface area contributed by atoms with Gasteiger partial charge in [0.05, 0.1) is 19.2 Å². The fraction of sp³-hybridized carbons (Fsp3) is 0.118. The molecule has 0 N–H and O–H groups in total. The van der Waals surface area contributed by atoms with Gasteiger partial charge in [-0.3, -0.25) is 0 Å². The number of halogens is 1. The second kappa shape index (κ2) is 6.48. The lowest BCUT2D eigenvalue weighted by atomic mass is 10.2. The number of para-hydroxylation sites is 1. The Morgan fingerprint density at radius 1 is 1.04 bits per heavy atom. The molecule has 0 aliphatic carbocycles. The van der Waals surface area contributed by atoms with Gasteiger partial charge < -0.3 is 14.2 Å². The van der Waals surface area contributed by atoms with Gasteiger partial charge in [0.2, 0.25) is 0 Å². The molecule has 3 aromatic rings. The summed E-state index contributed by atoms with van der Waals surface area (Å²) in [6.45, 7) is 0. The summed E-state index contributed by atoms with van der Waals surface area (Å²) in [6, 6.07) is 12.4. The predicted octanol–water partition coefficient (Wildman–Crippen LogP) is 4.79. The van der Waals surface area contributed by atoms with Gasteiger partial charge in [0.25, 0.3) is 0 Å². The van der Waals surface area contributed by atoms with Crippen molar-refractivity contribution in [1.29, 1.82) is 0 Å². The minimum absolute atomic E-state index is 0.348. The van der Waals surface area contributed by atoms with Crippen molar-refractivity contribution in [2.24, 2.45) is 0 Å². The first-order valence-corrected chi connectivity index (χ1v) is 7.94. The molecule has 6 heteroatoms. The molecule has 23 heavy (non-hydrogen) atoms. The van der Waals surface area contributed by atoms with Crippen LogP contribution in [0.25, 0.3) is 10.1 Å². The molecule has 0 spiro atoms. The average molecular weight is 349 g/mol. The van der Waals surface area contributed by atoms with Crippen LogP contribution in [0.3, 0.4) is 0 Å². The van der Waals surface area contributed by atoms with Crippen LogP contribution in [0.1, 0.15) is 9.67 Å². The lowest BCUT2D eigenvalue weighted by Gasteiger charge is -2.06. The van der Waals surface area contributed by atoms with Gasteiger partial charge in [-0.15, -0.1) is 11.3 Å². The number of methoxy groups -OCH3 is 2. The summed E-state index contributed by atoms with van der Waals surface area (Å²) in [5, 5.41) is 1.08. The number of thiophene rings is 1. The monoisotopic (exact) mass is 348 g/mol. The molecule has 0 fully saturated rings. The van der Waals surface area contributed by atoms with Gasteiger partial charge in [0.15, 0.2) is 11.5 Å². The molecule has 118 valence electrons. The largest absolute Gasteiger partial charge is 0.493 e. The van der Waals surface area contributed by atoms with Crippen LogP contribution in [0.5, 0.6) is 17.2 Å². The number of hydrogen-bond acceptors (Lipinski definition) is 5. The van der Waals surface area contributed by atoms with E-state index >= 15 is 0 Å². The van der Waals surface area contributed by atoms with E-state index in [0.717, 1.165) is 10.1 Å². The molecule has 0 saturated carbocycles. The number of ether oxygens (including phenoxy) is 3. The van der Waals surface area contributed by atoms with Gasteiger partial charge in [-0.25, -0.2) is 4.79 Å². The minimum atomic E-state index is -0.486. The minimum Gasteiger partial charge on any atom is -0.493 e. The fourth-order valence-electron chi connectivity index (χ4n) is 2.17. The zero-order chi connectivity index (χ0) is 16.4. The number of rotatable bonds is 4. The Labute approximate surface area is 142 Å². The van der Waals surface area contributed by atoms with Gasteiger partial charge in [0, 0.05) is 16.2 Å². The Morgan fingerprint density at radius 2 is 1.70 bits per heavy atom. The highest BCUT2D eigenvalue weighted by Gasteiger charge is 2.21. The van der Waals surface area contributed by atoms with E-state index in [9.17, 15) is 4.79 Å². The molecule has 0 unspecified atom stereocenters. The van der Waals surface area contributed by atoms with Crippen molar-refractivity contribution in [3.05, 3.63) is 52.4 Å². The number of carbonyl (C=O) groups excluding carboxylic acids is 1. The van der Waals surface area contributed by atoms with E-state index in [1.54, 1.807) is 50.6 Å². The lowest BCUT2D eigenvalue weighted by Crippen LogP contribution is -2.06. The molecular formula is C17H13ClO4S. The first-order valence-electron chi connectivity index (χ1n) is 6.75. The maximum absolute atomic E-state index is 12.4. The lowest BCUT2D eigenvalue weighted by molar-refractivity contribution is 0.0740. The molecule has 0 atom stereocenters. The molecule has 1 aromatic heterocycles. The van der Waals surface area contributed by atoms with Crippen molar-refractivity contribution in [3.8, 4) is 17.2 Å². The van der Waals surface area contributed by atoms with Crippen LogP contribution >= 0.6 is 22.9 Å². The molecule has 3 rings (SSSR count). The topological polar surface area (TPSA) is 44.8 Å². The van der Waals surface area contributed by atoms with Crippen LogP contribution in [-0.4, -0.2) is 20.2 Å². The van der Waals surface area contributed by atoms with Crippen LogP contribution in [0, 0.1) is 0 Å². The Bertz CT molecular complexity index is 858. The Kier molecular flexibility index (Phi) is 4.41. The maximum Gasteiger partial charge on any atom is 0.355 e. The van der Waals surface area contributed by atoms with Crippen LogP contribution in [0.15, 0.2) is 42.5 Å². The quantitative estimate of drug-likeness (QED) is 0.502. The summed E-state index contributed by atoms with van der Waals surface area (Å²) in [5.41, 5.74) is 0. The van der Waals surface area contributed by atoms with Crippen LogP contribution in [0.4, 0.5) is 0 Å². The average Bonchev–Trinajstić information content (AvgIpc) is 2.90. The van der Waals surface area contributed by atoms with Crippen molar-refractivity contribution in [2.45, 2.75) is 0 Å². The van der Waals surface area contributed by atoms with Crippen molar-refractivity contribution >= 4 is 39.0 Å². The summed E-state index contributed by atoms with van der Waals surface area (Å²) in [7, 11) is 3.11. The smallest absolute Gasteiger partial charge is 0.355 e. The molecule has 0 aliphatic heterocycles. The van der Waals surface area contributed by atoms with E-state index in [-0.39, 0.29) is 0 Å². The normalized spacial score (nSPS) is 10.6. The molecule has 0 radical (unpaired) electrons. The molecular weight excluding hydrogens is 336 g/mol. The summed E-state index contributed by atoms with van der Waals surface area (Å²) >= 11 is 7.61. The molecule has 0 saturated heterocycles. The van der Waals surface area contributed by atoms with Gasteiger partial charge in [0.1, 0.15) is 10.6 Å². The summed E-state index contributed by atoms with van der Waals surface area (Å²) in [5.74, 6) is 1.13. The number of fused-ring (bicyclic) bond motifs is 1. The molecule has 4 nitrogen and oxygen atoms in total. The predicted molar refractivity (Wildman–Crippen MR) is 91.3 cm³/mol. The first kappa shape index (κ1) is 15.6. The van der Waals surface area contributed by atoms with E-state index in [1.807, 2.05) is 6.07 Å². The van der Waals surface area contributed by atoms with Crippen molar-refractivity contribution in [3.63, 3.8) is 0 Å². The van der Waals surface area contributed by atoms with E-state index in [4.69, 9.17) is 25.8 Å².